The van der Waals surface area contributed by atoms with Crippen molar-refractivity contribution in [3.63, 3.8) is 0 Å². The molecule has 21 heavy (non-hydrogen) atoms. The van der Waals surface area contributed by atoms with Crippen molar-refractivity contribution in [2.24, 2.45) is 0 Å². The number of nitriles is 1. The number of nitrogens with one attached hydrogen (secondary N) is 1. The predicted octanol–water partition coefficient (Wildman–Crippen LogP) is 3.24. The molecule has 2 heterocycles. The zero-order valence-corrected chi connectivity index (χ0v) is 13.8. The number of rotatable bonds is 3. The van der Waals surface area contributed by atoms with Gasteiger partial charge in [-0.3, -0.25) is 4.79 Å². The number of nitrogens with zero attached hydrogens (tertiary/aromatic N) is 2. The quantitative estimate of drug-likeness (QED) is 0.928. The van der Waals surface area contributed by atoms with Gasteiger partial charge in [-0.1, -0.05) is 12.8 Å². The van der Waals surface area contributed by atoms with Crippen molar-refractivity contribution in [2.45, 2.75) is 50.5 Å². The maximum Gasteiger partial charge on any atom is 0.264 e. The molecular formula is C15H19N3OS2. The Kier molecular flexibility index (Phi) is 4.23. The molecule has 0 spiro atoms. The van der Waals surface area contributed by atoms with Crippen LogP contribution in [-0.4, -0.2) is 27.9 Å². The molecule has 6 heteroatoms. The average Bonchev–Trinajstić information content (AvgIpc) is 3.18. The summed E-state index contributed by atoms with van der Waals surface area (Å²) in [6.45, 7) is 1.90. The van der Waals surface area contributed by atoms with Crippen LogP contribution in [0.4, 0.5) is 0 Å². The number of carbonyl (C=O) groups excluding carboxylic acids is 1. The molecule has 1 aromatic heterocycles. The van der Waals surface area contributed by atoms with Crippen molar-refractivity contribution in [1.29, 1.82) is 5.26 Å². The molecule has 0 radical (unpaired) electrons. The van der Waals surface area contributed by atoms with Crippen LogP contribution in [0.15, 0.2) is 0 Å². The topological polar surface area (TPSA) is 65.8 Å². The molecule has 1 amide bonds. The molecule has 1 aliphatic heterocycles. The highest BCUT2D eigenvalue weighted by molar-refractivity contribution is 7.99. The van der Waals surface area contributed by atoms with Crippen molar-refractivity contribution in [1.82, 2.24) is 10.3 Å². The van der Waals surface area contributed by atoms with Crippen LogP contribution in [-0.2, 0) is 0 Å². The van der Waals surface area contributed by atoms with E-state index in [1.54, 1.807) is 11.8 Å². The van der Waals surface area contributed by atoms with Crippen molar-refractivity contribution < 1.29 is 4.79 Å². The minimum atomic E-state index is -0.689. The number of thioether (sulfide) groups is 1. The van der Waals surface area contributed by atoms with E-state index in [0.29, 0.717) is 16.5 Å². The number of amides is 1. The van der Waals surface area contributed by atoms with Gasteiger partial charge in [0.25, 0.3) is 5.91 Å². The fraction of sp³-hybridized carbons (Fsp3) is 0.667. The molecular weight excluding hydrogens is 302 g/mol. The van der Waals surface area contributed by atoms with Crippen molar-refractivity contribution in [3.05, 3.63) is 15.6 Å². The third-order valence-electron chi connectivity index (χ3n) is 4.31. The number of aromatic nitrogens is 1. The Morgan fingerprint density at radius 2 is 2.24 bits per heavy atom. The van der Waals surface area contributed by atoms with Gasteiger partial charge in [-0.25, -0.2) is 4.98 Å². The molecule has 1 N–H and O–H groups in total. The molecule has 2 fully saturated rings. The average molecular weight is 321 g/mol. The molecule has 1 aliphatic carbocycles. The molecule has 112 valence electrons. The van der Waals surface area contributed by atoms with Crippen molar-refractivity contribution in [3.8, 4) is 6.07 Å². The van der Waals surface area contributed by atoms with Gasteiger partial charge in [-0.2, -0.15) is 17.0 Å². The first-order valence-corrected chi connectivity index (χ1v) is 9.39. The summed E-state index contributed by atoms with van der Waals surface area (Å²) in [5.41, 5.74) is 0.115. The van der Waals surface area contributed by atoms with E-state index in [1.165, 1.54) is 37.0 Å². The summed E-state index contributed by atoms with van der Waals surface area (Å²) in [4.78, 5) is 17.8. The van der Waals surface area contributed by atoms with Gasteiger partial charge in [0.15, 0.2) is 0 Å². The number of aryl methyl sites for hydroxylation is 1. The molecule has 4 nitrogen and oxygen atoms in total. The minimum absolute atomic E-state index is 0.127. The van der Waals surface area contributed by atoms with Crippen molar-refractivity contribution in [2.75, 3.05) is 11.5 Å². The Balaban J connectivity index is 1.77. The van der Waals surface area contributed by atoms with E-state index < -0.39 is 5.54 Å². The summed E-state index contributed by atoms with van der Waals surface area (Å²) in [5, 5.41) is 13.4. The van der Waals surface area contributed by atoms with Crippen LogP contribution in [0.25, 0.3) is 0 Å². The lowest BCUT2D eigenvalue weighted by molar-refractivity contribution is 0.0929. The summed E-state index contributed by atoms with van der Waals surface area (Å²) in [6, 6.07) is 2.29. The number of hydrogen-bond donors (Lipinski definition) is 1. The van der Waals surface area contributed by atoms with E-state index in [4.69, 9.17) is 0 Å². The maximum atomic E-state index is 12.5. The molecule has 2 aliphatic rings. The first kappa shape index (κ1) is 14.9. The van der Waals surface area contributed by atoms with E-state index in [0.717, 1.165) is 22.9 Å². The lowest BCUT2D eigenvalue weighted by Crippen LogP contribution is -2.47. The van der Waals surface area contributed by atoms with Crippen LogP contribution >= 0.6 is 23.1 Å². The maximum absolute atomic E-state index is 12.5. The zero-order chi connectivity index (χ0) is 14.9. The Bertz CT molecular complexity index is 578. The van der Waals surface area contributed by atoms with Crippen LogP contribution < -0.4 is 5.32 Å². The fourth-order valence-electron chi connectivity index (χ4n) is 3.03. The summed E-state index contributed by atoms with van der Waals surface area (Å²) >= 11 is 3.24. The SMILES string of the molecule is Cc1nc(C2CCCC2)sc1C(=O)NC1(C#N)CCSC1. The second-order valence-electron chi connectivity index (χ2n) is 5.90. The Morgan fingerprint density at radius 1 is 1.48 bits per heavy atom. The zero-order valence-electron chi connectivity index (χ0n) is 12.1. The summed E-state index contributed by atoms with van der Waals surface area (Å²) in [5.74, 6) is 2.02. The largest absolute Gasteiger partial charge is 0.332 e. The highest BCUT2D eigenvalue weighted by Crippen LogP contribution is 2.37. The summed E-state index contributed by atoms with van der Waals surface area (Å²) in [7, 11) is 0. The van der Waals surface area contributed by atoms with Crippen LogP contribution in [0, 0.1) is 18.3 Å². The van der Waals surface area contributed by atoms with Gasteiger partial charge in [0, 0.05) is 11.7 Å². The molecule has 1 unspecified atom stereocenters. The summed E-state index contributed by atoms with van der Waals surface area (Å²) < 4.78 is 0. The van der Waals surface area contributed by atoms with Gasteiger partial charge < -0.3 is 5.32 Å². The Morgan fingerprint density at radius 3 is 2.86 bits per heavy atom. The minimum Gasteiger partial charge on any atom is -0.332 e. The van der Waals surface area contributed by atoms with Crippen LogP contribution in [0.5, 0.6) is 0 Å². The third-order valence-corrected chi connectivity index (χ3v) is 6.82. The van der Waals surface area contributed by atoms with E-state index in [1.807, 2.05) is 6.92 Å². The van der Waals surface area contributed by atoms with E-state index in [2.05, 4.69) is 16.4 Å². The first-order valence-electron chi connectivity index (χ1n) is 7.42. The molecule has 1 aromatic rings. The molecule has 3 rings (SSSR count). The smallest absolute Gasteiger partial charge is 0.264 e. The normalized spacial score (nSPS) is 25.9. The molecule has 0 aromatic carbocycles. The standard InChI is InChI=1S/C15H19N3OS2/c1-10-12(21-14(17-10)11-4-2-3-5-11)13(19)18-15(8-16)6-7-20-9-15/h11H,2-7,9H2,1H3,(H,18,19). The van der Waals surface area contributed by atoms with Gasteiger partial charge in [0.2, 0.25) is 0 Å². The predicted molar refractivity (Wildman–Crippen MR) is 85.8 cm³/mol. The van der Waals surface area contributed by atoms with E-state index in [9.17, 15) is 10.1 Å². The second-order valence-corrected chi connectivity index (χ2v) is 8.03. The fourth-order valence-corrected chi connectivity index (χ4v) is 5.43. The molecule has 0 bridgehead atoms. The molecule has 1 saturated heterocycles. The third kappa shape index (κ3) is 2.95. The van der Waals surface area contributed by atoms with Crippen LogP contribution in [0.1, 0.15) is 58.4 Å². The van der Waals surface area contributed by atoms with Gasteiger partial charge >= 0.3 is 0 Å². The van der Waals surface area contributed by atoms with Gasteiger partial charge in [-0.05, 0) is 31.9 Å². The summed E-state index contributed by atoms with van der Waals surface area (Å²) in [6.07, 6.45) is 5.63. The van der Waals surface area contributed by atoms with Gasteiger partial charge in [0.05, 0.1) is 16.8 Å². The number of carbonyl (C=O) groups is 1. The molecule has 1 atom stereocenters. The second kappa shape index (κ2) is 5.98. The van der Waals surface area contributed by atoms with Gasteiger partial charge in [-0.15, -0.1) is 11.3 Å². The van der Waals surface area contributed by atoms with Gasteiger partial charge in [0.1, 0.15) is 10.4 Å². The number of hydrogen-bond acceptors (Lipinski definition) is 5. The highest BCUT2D eigenvalue weighted by Gasteiger charge is 2.37. The lowest BCUT2D eigenvalue weighted by Gasteiger charge is -2.20. The number of thiazole rings is 1. The monoisotopic (exact) mass is 321 g/mol. The lowest BCUT2D eigenvalue weighted by atomic mass is 10.0. The molecule has 1 saturated carbocycles. The van der Waals surface area contributed by atoms with E-state index >= 15 is 0 Å². The Hall–Kier alpha value is -1.06. The first-order chi connectivity index (χ1) is 10.1. The van der Waals surface area contributed by atoms with Crippen LogP contribution in [0.3, 0.4) is 0 Å². The Labute approximate surface area is 133 Å². The van der Waals surface area contributed by atoms with Crippen molar-refractivity contribution >= 4 is 29.0 Å². The van der Waals surface area contributed by atoms with Crippen LogP contribution in [0.2, 0.25) is 0 Å². The van der Waals surface area contributed by atoms with E-state index in [-0.39, 0.29) is 5.91 Å². The highest BCUT2D eigenvalue weighted by atomic mass is 32.2.